The van der Waals surface area contributed by atoms with Crippen molar-refractivity contribution in [1.29, 1.82) is 0 Å². The van der Waals surface area contributed by atoms with Gasteiger partial charge < -0.3 is 10.2 Å². The van der Waals surface area contributed by atoms with Gasteiger partial charge in [0.25, 0.3) is 0 Å². The quantitative estimate of drug-likeness (QED) is 0.885. The lowest BCUT2D eigenvalue weighted by molar-refractivity contribution is 0.0695. The van der Waals surface area contributed by atoms with Crippen molar-refractivity contribution in [2.24, 2.45) is 0 Å². The average molecular weight is 298 g/mol. The van der Waals surface area contributed by atoms with Crippen LogP contribution in [0.5, 0.6) is 0 Å². The zero-order valence-corrected chi connectivity index (χ0v) is 12.6. The van der Waals surface area contributed by atoms with Gasteiger partial charge in [-0.25, -0.2) is 9.59 Å². The van der Waals surface area contributed by atoms with Crippen molar-refractivity contribution in [2.75, 3.05) is 0 Å². The van der Waals surface area contributed by atoms with Crippen LogP contribution in [0.2, 0.25) is 0 Å². The number of benzene rings is 2. The van der Waals surface area contributed by atoms with Gasteiger partial charge in [-0.2, -0.15) is 0 Å². The Kier molecular flexibility index (Phi) is 4.61. The molecule has 0 unspecified atom stereocenters. The summed E-state index contributed by atoms with van der Waals surface area (Å²) in [5.74, 6) is -2.21. The van der Waals surface area contributed by atoms with E-state index in [-0.39, 0.29) is 17.5 Å². The second-order valence-electron chi connectivity index (χ2n) is 5.30. The Morgan fingerprint density at radius 3 is 1.77 bits per heavy atom. The molecule has 22 heavy (non-hydrogen) atoms. The van der Waals surface area contributed by atoms with Crippen LogP contribution in [0.1, 0.15) is 49.9 Å². The molecular formula is C18H18O4. The second-order valence-corrected chi connectivity index (χ2v) is 5.30. The van der Waals surface area contributed by atoms with Crippen LogP contribution in [0, 0.1) is 6.92 Å². The summed E-state index contributed by atoms with van der Waals surface area (Å²) in [7, 11) is 0. The molecule has 4 heteroatoms. The summed E-state index contributed by atoms with van der Waals surface area (Å²) in [5.41, 5.74) is 3.15. The molecule has 0 saturated heterocycles. The lowest BCUT2D eigenvalue weighted by Gasteiger charge is -2.12. The third-order valence-electron chi connectivity index (χ3n) is 3.67. The Morgan fingerprint density at radius 1 is 0.909 bits per heavy atom. The third kappa shape index (κ3) is 3.34. The standard InChI is InChI=1S/C18H18O4/c1-3-12-4-6-13(7-5-12)10-14-15(17(19)20)8-11(2)9-16(14)18(21)22/h4-9H,3,10H2,1-2H3,(H,19,20)(H,21,22). The van der Waals surface area contributed by atoms with Gasteiger partial charge in [0.05, 0.1) is 11.1 Å². The summed E-state index contributed by atoms with van der Waals surface area (Å²) in [5, 5.41) is 18.7. The number of carbonyl (C=O) groups is 2. The van der Waals surface area contributed by atoms with Crippen LogP contribution < -0.4 is 0 Å². The van der Waals surface area contributed by atoms with Crippen molar-refractivity contribution in [3.05, 3.63) is 69.8 Å². The normalized spacial score (nSPS) is 10.5. The van der Waals surface area contributed by atoms with E-state index in [2.05, 4.69) is 6.92 Å². The molecule has 0 spiro atoms. The lowest BCUT2D eigenvalue weighted by Crippen LogP contribution is -2.11. The number of hydrogen-bond acceptors (Lipinski definition) is 2. The van der Waals surface area contributed by atoms with Gasteiger partial charge in [0.1, 0.15) is 0 Å². The molecular weight excluding hydrogens is 280 g/mol. The zero-order chi connectivity index (χ0) is 16.3. The van der Waals surface area contributed by atoms with Crippen LogP contribution in [0.4, 0.5) is 0 Å². The lowest BCUT2D eigenvalue weighted by atomic mass is 9.92. The summed E-state index contributed by atoms with van der Waals surface area (Å²) in [4.78, 5) is 22.9. The van der Waals surface area contributed by atoms with E-state index in [9.17, 15) is 19.8 Å². The van der Waals surface area contributed by atoms with Gasteiger partial charge in [-0.1, -0.05) is 31.2 Å². The topological polar surface area (TPSA) is 74.6 Å². The highest BCUT2D eigenvalue weighted by molar-refractivity contribution is 5.97. The Balaban J connectivity index is 2.51. The summed E-state index contributed by atoms with van der Waals surface area (Å²) in [6.45, 7) is 3.75. The smallest absolute Gasteiger partial charge is 0.336 e. The maximum absolute atomic E-state index is 11.4. The fourth-order valence-electron chi connectivity index (χ4n) is 2.49. The van der Waals surface area contributed by atoms with Crippen LogP contribution in [0.3, 0.4) is 0 Å². The van der Waals surface area contributed by atoms with Gasteiger partial charge in [0, 0.05) is 0 Å². The molecule has 2 aromatic carbocycles. The number of carboxylic acid groups (broad SMARTS) is 2. The van der Waals surface area contributed by atoms with Gasteiger partial charge in [0.15, 0.2) is 0 Å². The number of rotatable bonds is 5. The first-order valence-corrected chi connectivity index (χ1v) is 7.10. The predicted molar refractivity (Wildman–Crippen MR) is 83.7 cm³/mol. The minimum atomic E-state index is -1.11. The molecule has 0 heterocycles. The van der Waals surface area contributed by atoms with Gasteiger partial charge in [-0.05, 0) is 54.2 Å². The van der Waals surface area contributed by atoms with Crippen LogP contribution in [0.15, 0.2) is 36.4 Å². The largest absolute Gasteiger partial charge is 0.478 e. The molecule has 0 bridgehead atoms. The van der Waals surface area contributed by atoms with Gasteiger partial charge in [-0.15, -0.1) is 0 Å². The fraction of sp³-hybridized carbons (Fsp3) is 0.222. The van der Waals surface area contributed by atoms with Gasteiger partial charge in [0.2, 0.25) is 0 Å². The minimum Gasteiger partial charge on any atom is -0.478 e. The van der Waals surface area contributed by atoms with E-state index in [1.54, 1.807) is 6.92 Å². The van der Waals surface area contributed by atoms with Crippen molar-refractivity contribution >= 4 is 11.9 Å². The molecule has 0 amide bonds. The Bertz CT molecular complexity index is 679. The fourth-order valence-corrected chi connectivity index (χ4v) is 2.49. The van der Waals surface area contributed by atoms with E-state index in [0.717, 1.165) is 12.0 Å². The zero-order valence-electron chi connectivity index (χ0n) is 12.6. The molecule has 0 radical (unpaired) electrons. The first kappa shape index (κ1) is 15.8. The van der Waals surface area contributed by atoms with Crippen molar-refractivity contribution in [1.82, 2.24) is 0 Å². The summed E-state index contributed by atoms with van der Waals surface area (Å²) in [6, 6.07) is 10.8. The van der Waals surface area contributed by atoms with E-state index in [4.69, 9.17) is 0 Å². The molecule has 2 N–H and O–H groups in total. The molecule has 2 aromatic rings. The highest BCUT2D eigenvalue weighted by Crippen LogP contribution is 2.22. The molecule has 0 aliphatic carbocycles. The van der Waals surface area contributed by atoms with Crippen LogP contribution >= 0.6 is 0 Å². The Hall–Kier alpha value is -2.62. The molecule has 0 aliphatic heterocycles. The van der Waals surface area contributed by atoms with Crippen LogP contribution in [-0.4, -0.2) is 22.2 Å². The molecule has 0 fully saturated rings. The van der Waals surface area contributed by atoms with Crippen molar-refractivity contribution in [3.63, 3.8) is 0 Å². The monoisotopic (exact) mass is 298 g/mol. The van der Waals surface area contributed by atoms with Gasteiger partial charge >= 0.3 is 11.9 Å². The van der Waals surface area contributed by atoms with Crippen molar-refractivity contribution in [2.45, 2.75) is 26.7 Å². The van der Waals surface area contributed by atoms with E-state index in [1.807, 2.05) is 24.3 Å². The van der Waals surface area contributed by atoms with E-state index in [0.29, 0.717) is 11.1 Å². The van der Waals surface area contributed by atoms with Crippen molar-refractivity contribution in [3.8, 4) is 0 Å². The summed E-state index contributed by atoms with van der Waals surface area (Å²) < 4.78 is 0. The maximum atomic E-state index is 11.4. The second kappa shape index (κ2) is 6.43. The van der Waals surface area contributed by atoms with Gasteiger partial charge in [-0.3, -0.25) is 0 Å². The SMILES string of the molecule is CCc1ccc(Cc2c(C(=O)O)cc(C)cc2C(=O)O)cc1. The molecule has 4 nitrogen and oxygen atoms in total. The number of aromatic carboxylic acids is 2. The highest BCUT2D eigenvalue weighted by Gasteiger charge is 2.19. The first-order chi connectivity index (χ1) is 10.4. The molecule has 2 rings (SSSR count). The predicted octanol–water partition coefficient (Wildman–Crippen LogP) is 3.54. The van der Waals surface area contributed by atoms with E-state index in [1.165, 1.54) is 17.7 Å². The van der Waals surface area contributed by atoms with E-state index < -0.39 is 11.9 Å². The number of hydrogen-bond donors (Lipinski definition) is 2. The average Bonchev–Trinajstić information content (AvgIpc) is 2.48. The summed E-state index contributed by atoms with van der Waals surface area (Å²) in [6.07, 6.45) is 1.21. The molecule has 0 saturated carbocycles. The van der Waals surface area contributed by atoms with Crippen LogP contribution in [0.25, 0.3) is 0 Å². The molecule has 0 atom stereocenters. The Labute approximate surface area is 129 Å². The maximum Gasteiger partial charge on any atom is 0.336 e. The number of aryl methyl sites for hydroxylation is 2. The third-order valence-corrected chi connectivity index (χ3v) is 3.67. The van der Waals surface area contributed by atoms with Crippen LogP contribution in [-0.2, 0) is 12.8 Å². The van der Waals surface area contributed by atoms with Crippen molar-refractivity contribution < 1.29 is 19.8 Å². The first-order valence-electron chi connectivity index (χ1n) is 7.10. The Morgan fingerprint density at radius 2 is 1.36 bits per heavy atom. The molecule has 114 valence electrons. The highest BCUT2D eigenvalue weighted by atomic mass is 16.4. The molecule has 0 aliphatic rings. The minimum absolute atomic E-state index is 0.0527. The van der Waals surface area contributed by atoms with E-state index >= 15 is 0 Å². The molecule has 0 aromatic heterocycles. The number of carboxylic acids is 2. The summed E-state index contributed by atoms with van der Waals surface area (Å²) >= 11 is 0.